The third-order valence-corrected chi connectivity index (χ3v) is 3.46. The van der Waals surface area contributed by atoms with E-state index in [-0.39, 0.29) is 6.61 Å². The Kier molecular flexibility index (Phi) is 6.39. The lowest BCUT2D eigenvalue weighted by Gasteiger charge is -2.12. The molecule has 132 valence electrons. The second-order valence-electron chi connectivity index (χ2n) is 4.98. The van der Waals surface area contributed by atoms with Gasteiger partial charge in [-0.15, -0.1) is 0 Å². The third-order valence-electron chi connectivity index (χ3n) is 3.46. The van der Waals surface area contributed by atoms with E-state index in [4.69, 9.17) is 18.9 Å². The van der Waals surface area contributed by atoms with Gasteiger partial charge in [0, 0.05) is 23.3 Å². The first-order chi connectivity index (χ1) is 12.1. The van der Waals surface area contributed by atoms with Gasteiger partial charge in [-0.05, 0) is 18.2 Å². The number of rotatable bonds is 7. The highest BCUT2D eigenvalue weighted by molar-refractivity contribution is 5.87. The summed E-state index contributed by atoms with van der Waals surface area (Å²) in [5.74, 6) is 0.512. The van der Waals surface area contributed by atoms with Crippen LogP contribution >= 0.6 is 0 Å². The minimum Gasteiger partial charge on any atom is -0.496 e. The van der Waals surface area contributed by atoms with Crippen LogP contribution < -0.4 is 14.2 Å². The topological polar surface area (TPSA) is 54.0 Å². The maximum Gasteiger partial charge on any atom is 0.331 e. The van der Waals surface area contributed by atoms with Crippen molar-refractivity contribution < 1.29 is 28.1 Å². The third kappa shape index (κ3) is 4.73. The van der Waals surface area contributed by atoms with Crippen LogP contribution in [-0.2, 0) is 16.1 Å². The van der Waals surface area contributed by atoms with Gasteiger partial charge in [0.2, 0.25) is 0 Å². The molecule has 6 heteroatoms. The van der Waals surface area contributed by atoms with Crippen LogP contribution in [0, 0.1) is 5.82 Å². The number of esters is 1. The van der Waals surface area contributed by atoms with Crippen molar-refractivity contribution in [1.29, 1.82) is 0 Å². The first-order valence-electron chi connectivity index (χ1n) is 7.47. The fourth-order valence-corrected chi connectivity index (χ4v) is 2.15. The van der Waals surface area contributed by atoms with E-state index in [2.05, 4.69) is 0 Å². The smallest absolute Gasteiger partial charge is 0.331 e. The zero-order valence-corrected chi connectivity index (χ0v) is 14.2. The minimum atomic E-state index is -0.597. The Morgan fingerprint density at radius 1 is 1.00 bits per heavy atom. The standard InChI is InChI=1S/C19H19FO5/c1-22-16-11-18(24-3)17(23-2)10-13(16)8-9-19(21)25-12-14-6-4-5-7-15(14)20/h4-11H,12H2,1-3H3/b9-8+. The molecule has 2 aromatic rings. The van der Waals surface area contributed by atoms with Crippen molar-refractivity contribution in [1.82, 2.24) is 0 Å². The number of hydrogen-bond acceptors (Lipinski definition) is 5. The molecular weight excluding hydrogens is 327 g/mol. The second kappa shape index (κ2) is 8.73. The molecular formula is C19H19FO5. The summed E-state index contributed by atoms with van der Waals surface area (Å²) in [4.78, 5) is 11.8. The quantitative estimate of drug-likeness (QED) is 0.566. The SMILES string of the molecule is COc1cc(OC)c(OC)cc1/C=C/C(=O)OCc1ccccc1F. The van der Waals surface area contributed by atoms with Gasteiger partial charge in [0.15, 0.2) is 11.5 Å². The maximum atomic E-state index is 13.5. The molecule has 2 rings (SSSR count). The van der Waals surface area contributed by atoms with Gasteiger partial charge in [0.25, 0.3) is 0 Å². The van der Waals surface area contributed by atoms with Gasteiger partial charge < -0.3 is 18.9 Å². The average molecular weight is 346 g/mol. The number of benzene rings is 2. The Morgan fingerprint density at radius 3 is 2.28 bits per heavy atom. The normalized spacial score (nSPS) is 10.6. The Morgan fingerprint density at radius 2 is 1.64 bits per heavy atom. The van der Waals surface area contributed by atoms with Crippen molar-refractivity contribution in [2.45, 2.75) is 6.61 Å². The molecule has 0 heterocycles. The van der Waals surface area contributed by atoms with Crippen LogP contribution in [0.2, 0.25) is 0 Å². The zero-order chi connectivity index (χ0) is 18.2. The van der Waals surface area contributed by atoms with Crippen LogP contribution in [0.15, 0.2) is 42.5 Å². The number of hydrogen-bond donors (Lipinski definition) is 0. The molecule has 25 heavy (non-hydrogen) atoms. The van der Waals surface area contributed by atoms with Gasteiger partial charge in [0.1, 0.15) is 18.2 Å². The van der Waals surface area contributed by atoms with Gasteiger partial charge in [-0.2, -0.15) is 0 Å². The molecule has 5 nitrogen and oxygen atoms in total. The van der Waals surface area contributed by atoms with Crippen LogP contribution in [-0.4, -0.2) is 27.3 Å². The number of halogens is 1. The summed E-state index contributed by atoms with van der Waals surface area (Å²) in [6, 6.07) is 9.46. The van der Waals surface area contributed by atoms with E-state index >= 15 is 0 Å². The Balaban J connectivity index is 2.10. The van der Waals surface area contributed by atoms with E-state index in [0.29, 0.717) is 28.4 Å². The molecule has 0 aliphatic rings. The fraction of sp³-hybridized carbons (Fsp3) is 0.211. The van der Waals surface area contributed by atoms with Crippen LogP contribution in [0.3, 0.4) is 0 Å². The fourth-order valence-electron chi connectivity index (χ4n) is 2.15. The summed E-state index contributed by atoms with van der Waals surface area (Å²) in [7, 11) is 4.54. The van der Waals surface area contributed by atoms with Crippen molar-refractivity contribution in [3.63, 3.8) is 0 Å². The summed E-state index contributed by atoms with van der Waals surface area (Å²) in [6.45, 7) is -0.140. The number of methoxy groups -OCH3 is 3. The predicted octanol–water partition coefficient (Wildman–Crippen LogP) is 3.61. The first-order valence-corrected chi connectivity index (χ1v) is 7.47. The molecule has 0 N–H and O–H groups in total. The minimum absolute atomic E-state index is 0.140. The Bertz CT molecular complexity index is 770. The van der Waals surface area contributed by atoms with Gasteiger partial charge in [-0.3, -0.25) is 0 Å². The summed E-state index contributed by atoms with van der Waals surface area (Å²) in [6.07, 6.45) is 2.77. The molecule has 2 aromatic carbocycles. The number of carbonyl (C=O) groups excluding carboxylic acids is 1. The maximum absolute atomic E-state index is 13.5. The van der Waals surface area contributed by atoms with Crippen molar-refractivity contribution in [3.8, 4) is 17.2 Å². The zero-order valence-electron chi connectivity index (χ0n) is 14.2. The van der Waals surface area contributed by atoms with Crippen LogP contribution in [0.4, 0.5) is 4.39 Å². The lowest BCUT2D eigenvalue weighted by atomic mass is 10.1. The number of carbonyl (C=O) groups is 1. The van der Waals surface area contributed by atoms with E-state index in [1.807, 2.05) is 0 Å². The molecule has 0 radical (unpaired) electrons. The highest BCUT2D eigenvalue weighted by Crippen LogP contribution is 2.35. The lowest BCUT2D eigenvalue weighted by molar-refractivity contribution is -0.138. The van der Waals surface area contributed by atoms with Gasteiger partial charge in [-0.1, -0.05) is 18.2 Å². The lowest BCUT2D eigenvalue weighted by Crippen LogP contribution is -2.02. The van der Waals surface area contributed by atoms with Gasteiger partial charge >= 0.3 is 5.97 Å². The molecule has 0 atom stereocenters. The van der Waals surface area contributed by atoms with Crippen LogP contribution in [0.5, 0.6) is 17.2 Å². The molecule has 0 aliphatic heterocycles. The Labute approximate surface area is 145 Å². The molecule has 0 aliphatic carbocycles. The van der Waals surface area contributed by atoms with E-state index in [0.717, 1.165) is 0 Å². The molecule has 0 unspecified atom stereocenters. The van der Waals surface area contributed by atoms with E-state index in [9.17, 15) is 9.18 Å². The van der Waals surface area contributed by atoms with Crippen molar-refractivity contribution >= 4 is 12.0 Å². The highest BCUT2D eigenvalue weighted by atomic mass is 19.1. The molecule has 0 saturated carbocycles. The number of ether oxygens (including phenoxy) is 4. The predicted molar refractivity (Wildman–Crippen MR) is 91.3 cm³/mol. The van der Waals surface area contributed by atoms with Crippen LogP contribution in [0.1, 0.15) is 11.1 Å². The van der Waals surface area contributed by atoms with Gasteiger partial charge in [-0.25, -0.2) is 9.18 Å². The first kappa shape index (κ1) is 18.3. The summed E-state index contributed by atoms with van der Waals surface area (Å²) < 4.78 is 34.2. The molecule has 0 saturated heterocycles. The highest BCUT2D eigenvalue weighted by Gasteiger charge is 2.10. The molecule has 0 amide bonds. The average Bonchev–Trinajstić information content (AvgIpc) is 2.64. The summed E-state index contributed by atoms with van der Waals surface area (Å²) >= 11 is 0. The molecule has 0 spiro atoms. The van der Waals surface area contributed by atoms with Crippen molar-refractivity contribution in [2.75, 3.05) is 21.3 Å². The van der Waals surface area contributed by atoms with Crippen LogP contribution in [0.25, 0.3) is 6.08 Å². The monoisotopic (exact) mass is 346 g/mol. The Hall–Kier alpha value is -3.02. The van der Waals surface area contributed by atoms with E-state index in [1.165, 1.54) is 39.5 Å². The van der Waals surface area contributed by atoms with E-state index in [1.54, 1.807) is 30.3 Å². The van der Waals surface area contributed by atoms with Gasteiger partial charge in [0.05, 0.1) is 21.3 Å². The largest absolute Gasteiger partial charge is 0.496 e. The molecule has 0 fully saturated rings. The summed E-state index contributed by atoms with van der Waals surface area (Å²) in [5, 5.41) is 0. The molecule has 0 aromatic heterocycles. The van der Waals surface area contributed by atoms with E-state index < -0.39 is 11.8 Å². The van der Waals surface area contributed by atoms with Crippen molar-refractivity contribution in [3.05, 3.63) is 59.4 Å². The van der Waals surface area contributed by atoms with Crippen molar-refractivity contribution in [2.24, 2.45) is 0 Å². The summed E-state index contributed by atoms with van der Waals surface area (Å²) in [5.41, 5.74) is 0.927. The second-order valence-corrected chi connectivity index (χ2v) is 4.98. The molecule has 0 bridgehead atoms.